The highest BCUT2D eigenvalue weighted by Crippen LogP contribution is 2.52. The fourth-order valence-electron chi connectivity index (χ4n) is 3.67. The van der Waals surface area contributed by atoms with E-state index in [0.29, 0.717) is 18.3 Å². The first-order chi connectivity index (χ1) is 6.54. The van der Waals surface area contributed by atoms with Gasteiger partial charge in [-0.05, 0) is 36.5 Å². The third-order valence-corrected chi connectivity index (χ3v) is 4.69. The summed E-state index contributed by atoms with van der Waals surface area (Å²) in [6, 6.07) is 0. The average molecular weight is 198 g/mol. The third-order valence-electron chi connectivity index (χ3n) is 4.69. The van der Waals surface area contributed by atoms with E-state index < -0.39 is 0 Å². The van der Waals surface area contributed by atoms with E-state index in [1.165, 1.54) is 12.8 Å². The highest BCUT2D eigenvalue weighted by molar-refractivity contribution is 4.99. The molecule has 0 aromatic rings. The van der Waals surface area contributed by atoms with Crippen molar-refractivity contribution in [2.45, 2.75) is 58.2 Å². The third kappa shape index (κ3) is 1.49. The van der Waals surface area contributed by atoms with Crippen LogP contribution in [0.25, 0.3) is 0 Å². The van der Waals surface area contributed by atoms with Crippen LogP contribution in [0, 0.1) is 17.3 Å². The maximum Gasteiger partial charge on any atom is 0.0621 e. The quantitative estimate of drug-likeness (QED) is 0.624. The Morgan fingerprint density at radius 3 is 2.64 bits per heavy atom. The predicted octanol–water partition coefficient (Wildman–Crippen LogP) is 1.94. The van der Waals surface area contributed by atoms with Crippen LogP contribution < -0.4 is 0 Å². The van der Waals surface area contributed by atoms with Gasteiger partial charge in [0.2, 0.25) is 0 Å². The van der Waals surface area contributed by atoms with Crippen LogP contribution in [0.3, 0.4) is 0 Å². The van der Waals surface area contributed by atoms with Crippen molar-refractivity contribution in [3.63, 3.8) is 0 Å². The van der Waals surface area contributed by atoms with Gasteiger partial charge in [-0.2, -0.15) is 0 Å². The molecule has 2 rings (SSSR count). The number of hydrogen-bond acceptors (Lipinski definition) is 2. The second-order valence-electron chi connectivity index (χ2n) is 5.62. The molecule has 0 unspecified atom stereocenters. The second-order valence-corrected chi connectivity index (χ2v) is 5.62. The first kappa shape index (κ1) is 10.4. The monoisotopic (exact) mass is 198 g/mol. The van der Waals surface area contributed by atoms with Crippen LogP contribution in [-0.2, 0) is 0 Å². The molecule has 0 amide bonds. The largest absolute Gasteiger partial charge is 0.393 e. The van der Waals surface area contributed by atoms with E-state index in [1.54, 1.807) is 0 Å². The van der Waals surface area contributed by atoms with Crippen LogP contribution in [0.4, 0.5) is 0 Å². The first-order valence-electron chi connectivity index (χ1n) is 5.90. The molecule has 0 heterocycles. The first-order valence-corrected chi connectivity index (χ1v) is 5.90. The molecule has 0 spiro atoms. The Kier molecular flexibility index (Phi) is 2.61. The van der Waals surface area contributed by atoms with Crippen molar-refractivity contribution >= 4 is 0 Å². The number of fused-ring (bicyclic) bond motifs is 1. The van der Waals surface area contributed by atoms with Crippen molar-refractivity contribution in [3.05, 3.63) is 0 Å². The summed E-state index contributed by atoms with van der Waals surface area (Å²) in [7, 11) is 0. The lowest BCUT2D eigenvalue weighted by Gasteiger charge is -2.52. The van der Waals surface area contributed by atoms with Gasteiger partial charge in [0.1, 0.15) is 0 Å². The van der Waals surface area contributed by atoms with Crippen molar-refractivity contribution in [3.8, 4) is 0 Å². The summed E-state index contributed by atoms with van der Waals surface area (Å²) in [6.45, 7) is 4.48. The molecule has 0 radical (unpaired) electrons. The fourth-order valence-corrected chi connectivity index (χ4v) is 3.67. The summed E-state index contributed by atoms with van der Waals surface area (Å²) in [5.41, 5.74) is 0.0803. The minimum atomic E-state index is -0.293. The normalized spacial score (nSPS) is 54.0. The van der Waals surface area contributed by atoms with E-state index in [2.05, 4.69) is 13.8 Å². The Morgan fingerprint density at radius 2 is 1.93 bits per heavy atom. The van der Waals surface area contributed by atoms with E-state index in [0.717, 1.165) is 12.8 Å². The van der Waals surface area contributed by atoms with Gasteiger partial charge in [0.05, 0.1) is 12.2 Å². The van der Waals surface area contributed by atoms with Gasteiger partial charge in [-0.15, -0.1) is 0 Å². The lowest BCUT2D eigenvalue weighted by molar-refractivity contribution is -0.121. The summed E-state index contributed by atoms with van der Waals surface area (Å²) < 4.78 is 0. The van der Waals surface area contributed by atoms with Crippen molar-refractivity contribution in [1.29, 1.82) is 0 Å². The van der Waals surface area contributed by atoms with E-state index in [4.69, 9.17) is 0 Å². The summed E-state index contributed by atoms with van der Waals surface area (Å²) in [5.74, 6) is 1.19. The molecule has 14 heavy (non-hydrogen) atoms. The van der Waals surface area contributed by atoms with Gasteiger partial charge in [-0.1, -0.05) is 26.7 Å². The highest BCUT2D eigenvalue weighted by Gasteiger charge is 2.49. The predicted molar refractivity (Wildman–Crippen MR) is 55.9 cm³/mol. The molecular weight excluding hydrogens is 176 g/mol. The topological polar surface area (TPSA) is 40.5 Å². The van der Waals surface area contributed by atoms with Crippen molar-refractivity contribution in [2.24, 2.45) is 17.3 Å². The molecule has 0 aromatic heterocycles. The van der Waals surface area contributed by atoms with Gasteiger partial charge in [0.25, 0.3) is 0 Å². The minimum absolute atomic E-state index is 0.0803. The van der Waals surface area contributed by atoms with Crippen molar-refractivity contribution < 1.29 is 10.2 Å². The van der Waals surface area contributed by atoms with E-state index in [9.17, 15) is 10.2 Å². The molecule has 0 aliphatic heterocycles. The van der Waals surface area contributed by atoms with Gasteiger partial charge in [-0.3, -0.25) is 0 Å². The zero-order valence-corrected chi connectivity index (χ0v) is 9.24. The maximum absolute atomic E-state index is 10.1. The second kappa shape index (κ2) is 3.49. The molecule has 82 valence electrons. The van der Waals surface area contributed by atoms with Gasteiger partial charge in [-0.25, -0.2) is 0 Å². The summed E-state index contributed by atoms with van der Waals surface area (Å²) in [5, 5.41) is 19.8. The molecule has 2 aliphatic rings. The van der Waals surface area contributed by atoms with Crippen molar-refractivity contribution in [2.75, 3.05) is 0 Å². The number of aliphatic hydroxyl groups excluding tert-OH is 2. The summed E-state index contributed by atoms with van der Waals surface area (Å²) in [4.78, 5) is 0. The number of rotatable bonds is 0. The lowest BCUT2D eigenvalue weighted by atomic mass is 9.55. The van der Waals surface area contributed by atoms with Crippen molar-refractivity contribution in [1.82, 2.24) is 0 Å². The fraction of sp³-hybridized carbons (Fsp3) is 1.00. The summed E-state index contributed by atoms with van der Waals surface area (Å²) >= 11 is 0. The number of hydrogen-bond donors (Lipinski definition) is 2. The van der Waals surface area contributed by atoms with E-state index in [-0.39, 0.29) is 17.6 Å². The van der Waals surface area contributed by atoms with Crippen LogP contribution in [0.5, 0.6) is 0 Å². The Morgan fingerprint density at radius 1 is 1.21 bits per heavy atom. The minimum Gasteiger partial charge on any atom is -0.393 e. The zero-order valence-electron chi connectivity index (χ0n) is 9.24. The molecule has 2 saturated carbocycles. The Balaban J connectivity index is 2.21. The van der Waals surface area contributed by atoms with Gasteiger partial charge < -0.3 is 10.2 Å². The standard InChI is InChI=1S/C12H22O2/c1-8-4-3-5-12(2)10(8)6-9(13)7-11(12)14/h8-11,13-14H,3-7H2,1-2H3/t8-,9-,10+,11-,12+/m0/s1. The molecule has 2 N–H and O–H groups in total. The smallest absolute Gasteiger partial charge is 0.0621 e. The van der Waals surface area contributed by atoms with Gasteiger partial charge >= 0.3 is 0 Å². The molecule has 2 aliphatic carbocycles. The van der Waals surface area contributed by atoms with Crippen LogP contribution in [0.2, 0.25) is 0 Å². The zero-order chi connectivity index (χ0) is 10.3. The Bertz CT molecular complexity index is 216. The molecular formula is C12H22O2. The molecule has 5 atom stereocenters. The SMILES string of the molecule is C[C@H]1CCC[C@]2(C)[C@@H]1C[C@H](O)C[C@@H]2O. The number of aliphatic hydroxyl groups is 2. The molecule has 2 heteroatoms. The summed E-state index contributed by atoms with van der Waals surface area (Å²) in [6.07, 6.45) is 4.55. The van der Waals surface area contributed by atoms with Gasteiger partial charge in [0, 0.05) is 0 Å². The van der Waals surface area contributed by atoms with Crippen LogP contribution in [0.15, 0.2) is 0 Å². The molecule has 2 fully saturated rings. The van der Waals surface area contributed by atoms with Crippen LogP contribution in [-0.4, -0.2) is 22.4 Å². The molecule has 2 nitrogen and oxygen atoms in total. The maximum atomic E-state index is 10.1. The molecule has 0 saturated heterocycles. The molecule has 0 bridgehead atoms. The van der Waals surface area contributed by atoms with Crippen LogP contribution >= 0.6 is 0 Å². The van der Waals surface area contributed by atoms with E-state index in [1.807, 2.05) is 0 Å². The lowest BCUT2D eigenvalue weighted by Crippen LogP contribution is -2.51. The Labute approximate surface area is 86.3 Å². The molecule has 0 aromatic carbocycles. The Hall–Kier alpha value is -0.0800. The van der Waals surface area contributed by atoms with E-state index >= 15 is 0 Å². The van der Waals surface area contributed by atoms with Crippen LogP contribution in [0.1, 0.15) is 46.0 Å². The van der Waals surface area contributed by atoms with Gasteiger partial charge in [0.15, 0.2) is 0 Å². The highest BCUT2D eigenvalue weighted by atomic mass is 16.3. The average Bonchev–Trinajstić information content (AvgIpc) is 2.10.